The maximum Gasteiger partial charge on any atom is 0.573 e. The zero-order chi connectivity index (χ0) is 31.3. The highest BCUT2D eigenvalue weighted by molar-refractivity contribution is 5.87. The molecule has 1 fully saturated rings. The number of halogens is 3. The molecule has 11 nitrogen and oxygen atoms in total. The van der Waals surface area contributed by atoms with Crippen molar-refractivity contribution in [3.63, 3.8) is 0 Å². The first kappa shape index (κ1) is 32.1. The molecule has 1 aliphatic rings. The van der Waals surface area contributed by atoms with Crippen LogP contribution in [0.5, 0.6) is 5.75 Å². The number of carbonyl (C=O) groups is 1. The van der Waals surface area contributed by atoms with E-state index in [-0.39, 0.29) is 5.75 Å². The standard InChI is InChI=1S/C29H35F3N4O7/c1-6-35-23(33-16-18-7-13-21(14-8-18)43-29(30,31)32)15-22(34-35)19-9-11-20(12-10-19)36(28(37)38)27-26(41-5)25(40-4)24(39-3)17(2)42-27/h7-15,17,24-27,33H,6,16H2,1-5H3,(H,37,38)/t17-,24-,25+,26+,27-/m0/s1. The van der Waals surface area contributed by atoms with Gasteiger partial charge in [0.05, 0.1) is 11.8 Å². The average Bonchev–Trinajstić information content (AvgIpc) is 3.39. The van der Waals surface area contributed by atoms with Crippen LogP contribution in [0.25, 0.3) is 11.3 Å². The first-order valence-electron chi connectivity index (χ1n) is 13.5. The van der Waals surface area contributed by atoms with Gasteiger partial charge in [-0.3, -0.25) is 0 Å². The van der Waals surface area contributed by atoms with Gasteiger partial charge in [0.25, 0.3) is 0 Å². The van der Waals surface area contributed by atoms with Gasteiger partial charge in [-0.2, -0.15) is 5.10 Å². The number of hydrogen-bond donors (Lipinski definition) is 2. The number of carboxylic acid groups (broad SMARTS) is 1. The molecule has 3 aromatic rings. The Morgan fingerprint density at radius 1 is 1.02 bits per heavy atom. The summed E-state index contributed by atoms with van der Waals surface area (Å²) in [6.07, 6.45) is -9.22. The molecule has 0 aliphatic carbocycles. The Morgan fingerprint density at radius 3 is 2.19 bits per heavy atom. The number of alkyl halides is 3. The minimum absolute atomic E-state index is 0.290. The third kappa shape index (κ3) is 7.39. The normalized spacial score (nSPS) is 22.3. The lowest BCUT2D eigenvalue weighted by atomic mass is 9.97. The number of rotatable bonds is 11. The van der Waals surface area contributed by atoms with E-state index in [9.17, 15) is 23.1 Å². The Balaban J connectivity index is 1.51. The van der Waals surface area contributed by atoms with Crippen LogP contribution in [-0.2, 0) is 32.0 Å². The van der Waals surface area contributed by atoms with Crippen LogP contribution in [0.1, 0.15) is 19.4 Å². The molecule has 1 amide bonds. The number of nitrogens with zero attached hydrogens (tertiary/aromatic N) is 3. The van der Waals surface area contributed by atoms with Crippen LogP contribution in [0.3, 0.4) is 0 Å². The van der Waals surface area contributed by atoms with Crippen molar-refractivity contribution in [1.82, 2.24) is 9.78 Å². The first-order chi connectivity index (χ1) is 20.5. The molecule has 2 heterocycles. The second-order valence-electron chi connectivity index (χ2n) is 9.81. The highest BCUT2D eigenvalue weighted by Gasteiger charge is 2.49. The van der Waals surface area contributed by atoms with Crippen LogP contribution in [0.15, 0.2) is 54.6 Å². The second-order valence-corrected chi connectivity index (χ2v) is 9.81. The molecule has 2 aromatic carbocycles. The fourth-order valence-corrected chi connectivity index (χ4v) is 5.15. The molecule has 234 valence electrons. The number of aromatic nitrogens is 2. The molecule has 14 heteroatoms. The van der Waals surface area contributed by atoms with Crippen LogP contribution < -0.4 is 15.0 Å². The minimum atomic E-state index is -4.75. The van der Waals surface area contributed by atoms with Crippen molar-refractivity contribution in [2.75, 3.05) is 31.5 Å². The summed E-state index contributed by atoms with van der Waals surface area (Å²) in [5.41, 5.74) is 2.51. The maximum atomic E-state index is 12.5. The lowest BCUT2D eigenvalue weighted by Crippen LogP contribution is -2.64. The van der Waals surface area contributed by atoms with Crippen molar-refractivity contribution < 1.29 is 46.8 Å². The average molecular weight is 609 g/mol. The molecule has 4 rings (SSSR count). The Kier molecular flexibility index (Phi) is 10.2. The van der Waals surface area contributed by atoms with Gasteiger partial charge in [0, 0.05) is 51.7 Å². The molecule has 0 bridgehead atoms. The summed E-state index contributed by atoms with van der Waals surface area (Å²) in [5, 5.41) is 18.1. The van der Waals surface area contributed by atoms with E-state index in [0.717, 1.165) is 16.0 Å². The van der Waals surface area contributed by atoms with Gasteiger partial charge in [0.1, 0.15) is 29.9 Å². The zero-order valence-corrected chi connectivity index (χ0v) is 24.4. The minimum Gasteiger partial charge on any atom is -0.465 e. The Morgan fingerprint density at radius 2 is 1.65 bits per heavy atom. The lowest BCUT2D eigenvalue weighted by Gasteiger charge is -2.46. The fourth-order valence-electron chi connectivity index (χ4n) is 5.15. The monoisotopic (exact) mass is 608 g/mol. The van der Waals surface area contributed by atoms with Crippen molar-refractivity contribution in [2.45, 2.75) is 63.9 Å². The molecule has 1 aliphatic heterocycles. The van der Waals surface area contributed by atoms with Crippen molar-refractivity contribution >= 4 is 17.6 Å². The van der Waals surface area contributed by atoms with Crippen LogP contribution in [-0.4, -0.2) is 79.3 Å². The van der Waals surface area contributed by atoms with E-state index in [1.807, 2.05) is 13.0 Å². The van der Waals surface area contributed by atoms with Crippen molar-refractivity contribution in [3.05, 3.63) is 60.2 Å². The molecule has 1 saturated heterocycles. The molecule has 0 saturated carbocycles. The van der Waals surface area contributed by atoms with Gasteiger partial charge in [-0.15, -0.1) is 13.2 Å². The molecular formula is C29H35F3N4O7. The van der Waals surface area contributed by atoms with Crippen molar-refractivity contribution in [3.8, 4) is 17.0 Å². The molecular weight excluding hydrogens is 573 g/mol. The highest BCUT2D eigenvalue weighted by atomic mass is 19.4. The Bertz CT molecular complexity index is 1350. The SMILES string of the molecule is CCn1nc(-c2ccc(N(C(=O)O)[C@H]3O[C@@H](C)[C@H](OC)[C@@H](OC)[C@H]3OC)cc2)cc1NCc1ccc(OC(F)(F)F)cc1. The van der Waals surface area contributed by atoms with E-state index in [2.05, 4.69) is 15.2 Å². The quantitative estimate of drug-likeness (QED) is 0.297. The number of anilines is 2. The predicted octanol–water partition coefficient (Wildman–Crippen LogP) is 5.35. The summed E-state index contributed by atoms with van der Waals surface area (Å²) < 4.78 is 65.8. The van der Waals surface area contributed by atoms with Crippen LogP contribution in [0.4, 0.5) is 29.5 Å². The summed E-state index contributed by atoms with van der Waals surface area (Å²) in [5.74, 6) is 0.414. The number of benzene rings is 2. The topological polar surface area (TPSA) is 117 Å². The van der Waals surface area contributed by atoms with Crippen molar-refractivity contribution in [2.24, 2.45) is 0 Å². The van der Waals surface area contributed by atoms with Crippen LogP contribution in [0.2, 0.25) is 0 Å². The predicted molar refractivity (Wildman–Crippen MR) is 151 cm³/mol. The number of aryl methyl sites for hydroxylation is 1. The van der Waals surface area contributed by atoms with Crippen LogP contribution >= 0.6 is 0 Å². The van der Waals surface area contributed by atoms with Gasteiger partial charge in [-0.1, -0.05) is 24.3 Å². The van der Waals surface area contributed by atoms with Gasteiger partial charge >= 0.3 is 12.5 Å². The molecule has 0 spiro atoms. The van der Waals surface area contributed by atoms with Gasteiger partial charge in [0.2, 0.25) is 0 Å². The number of ether oxygens (including phenoxy) is 5. The molecule has 0 radical (unpaired) electrons. The third-order valence-corrected chi connectivity index (χ3v) is 7.17. The zero-order valence-electron chi connectivity index (χ0n) is 24.4. The molecule has 43 heavy (non-hydrogen) atoms. The van der Waals surface area contributed by atoms with E-state index in [1.54, 1.807) is 48.0 Å². The third-order valence-electron chi connectivity index (χ3n) is 7.17. The van der Waals surface area contributed by atoms with E-state index in [1.165, 1.54) is 33.5 Å². The highest BCUT2D eigenvalue weighted by Crippen LogP contribution is 2.33. The summed E-state index contributed by atoms with van der Waals surface area (Å²) >= 11 is 0. The number of amides is 1. The largest absolute Gasteiger partial charge is 0.573 e. The number of methoxy groups -OCH3 is 3. The summed E-state index contributed by atoms with van der Waals surface area (Å²) in [7, 11) is 4.51. The number of nitrogens with one attached hydrogen (secondary N) is 1. The summed E-state index contributed by atoms with van der Waals surface area (Å²) in [6.45, 7) is 4.62. The summed E-state index contributed by atoms with van der Waals surface area (Å²) in [6, 6.07) is 14.3. The van der Waals surface area contributed by atoms with Gasteiger partial charge in [0.15, 0.2) is 6.23 Å². The van der Waals surface area contributed by atoms with Gasteiger partial charge in [-0.05, 0) is 43.7 Å². The van der Waals surface area contributed by atoms with Gasteiger partial charge < -0.3 is 34.1 Å². The molecule has 1 aromatic heterocycles. The van der Waals surface area contributed by atoms with Crippen LogP contribution in [0, 0.1) is 0 Å². The second kappa shape index (κ2) is 13.6. The smallest absolute Gasteiger partial charge is 0.465 e. The molecule has 2 N–H and O–H groups in total. The Hall–Kier alpha value is -3.85. The van der Waals surface area contributed by atoms with Gasteiger partial charge in [-0.25, -0.2) is 14.4 Å². The van der Waals surface area contributed by atoms with E-state index in [4.69, 9.17) is 18.9 Å². The first-order valence-corrected chi connectivity index (χ1v) is 13.5. The number of hydrogen-bond acceptors (Lipinski definition) is 8. The molecule has 5 atom stereocenters. The van der Waals surface area contributed by atoms with E-state index in [0.29, 0.717) is 30.3 Å². The summed E-state index contributed by atoms with van der Waals surface area (Å²) in [4.78, 5) is 13.6. The van der Waals surface area contributed by atoms with E-state index < -0.39 is 43.1 Å². The van der Waals surface area contributed by atoms with Crippen molar-refractivity contribution in [1.29, 1.82) is 0 Å². The Labute approximate surface area is 247 Å². The lowest BCUT2D eigenvalue weighted by molar-refractivity contribution is -0.274. The van der Waals surface area contributed by atoms with E-state index >= 15 is 0 Å². The fraction of sp³-hybridized carbons (Fsp3) is 0.448. The molecule has 0 unspecified atom stereocenters. The maximum absolute atomic E-state index is 12.5.